The largest absolute Gasteiger partial charge is 0.492 e. The number of para-hydroxylation sites is 3. The highest BCUT2D eigenvalue weighted by Crippen LogP contribution is 2.41. The molecule has 1 atom stereocenters. The summed E-state index contributed by atoms with van der Waals surface area (Å²) in [6.45, 7) is 2.47. The van der Waals surface area contributed by atoms with E-state index < -0.39 is 5.25 Å². The molecule has 1 amide bonds. The van der Waals surface area contributed by atoms with E-state index in [1.807, 2.05) is 79.7 Å². The molecule has 6 heteroatoms. The molecule has 0 saturated carbocycles. The van der Waals surface area contributed by atoms with Gasteiger partial charge in [0.2, 0.25) is 5.91 Å². The van der Waals surface area contributed by atoms with E-state index in [4.69, 9.17) is 9.73 Å². The first-order valence-corrected chi connectivity index (χ1v) is 11.6. The van der Waals surface area contributed by atoms with Gasteiger partial charge in [-0.25, -0.2) is 4.99 Å². The highest BCUT2D eigenvalue weighted by molar-refractivity contribution is 8.38. The molecule has 0 saturated heterocycles. The van der Waals surface area contributed by atoms with Crippen molar-refractivity contribution in [2.24, 2.45) is 4.99 Å². The Morgan fingerprint density at radius 2 is 1.80 bits per heavy atom. The number of nitrogens with one attached hydrogen (secondary N) is 1. The molecular formula is C24H22N2O2S2. The topological polar surface area (TPSA) is 50.7 Å². The predicted molar refractivity (Wildman–Crippen MR) is 128 cm³/mol. The maximum absolute atomic E-state index is 13.3. The minimum atomic E-state index is -0.419. The van der Waals surface area contributed by atoms with E-state index in [2.05, 4.69) is 11.4 Å². The van der Waals surface area contributed by atoms with Crippen LogP contribution in [0.1, 0.15) is 23.3 Å². The Balaban J connectivity index is 1.60. The SMILES string of the molecule is CCOc1ccccc1NC(=O)C(SC1=Nc2ccccc2CS1)c1ccccc1. The molecule has 1 aliphatic heterocycles. The second-order valence-corrected chi connectivity index (χ2v) is 8.94. The molecule has 4 rings (SSSR count). The smallest absolute Gasteiger partial charge is 0.242 e. The first kappa shape index (κ1) is 20.6. The van der Waals surface area contributed by atoms with E-state index in [1.165, 1.54) is 17.3 Å². The molecule has 0 fully saturated rings. The number of benzene rings is 3. The monoisotopic (exact) mass is 434 g/mol. The summed E-state index contributed by atoms with van der Waals surface area (Å²) in [6.07, 6.45) is 0. The molecule has 152 valence electrons. The van der Waals surface area contributed by atoms with Gasteiger partial charge in [-0.1, -0.05) is 84.2 Å². The fourth-order valence-electron chi connectivity index (χ4n) is 3.12. The fourth-order valence-corrected chi connectivity index (χ4v) is 5.36. The maximum Gasteiger partial charge on any atom is 0.242 e. The number of anilines is 1. The first-order valence-electron chi connectivity index (χ1n) is 9.78. The molecule has 0 spiro atoms. The zero-order valence-electron chi connectivity index (χ0n) is 16.6. The van der Waals surface area contributed by atoms with Gasteiger partial charge in [0.15, 0.2) is 0 Å². The summed E-state index contributed by atoms with van der Waals surface area (Å²) in [6, 6.07) is 25.5. The van der Waals surface area contributed by atoms with Crippen molar-refractivity contribution < 1.29 is 9.53 Å². The number of hydrogen-bond donors (Lipinski definition) is 1. The summed E-state index contributed by atoms with van der Waals surface area (Å²) in [4.78, 5) is 18.1. The van der Waals surface area contributed by atoms with Crippen LogP contribution in [-0.2, 0) is 10.5 Å². The molecule has 3 aromatic rings. The summed E-state index contributed by atoms with van der Waals surface area (Å²) in [7, 11) is 0. The van der Waals surface area contributed by atoms with E-state index in [0.29, 0.717) is 18.0 Å². The molecule has 0 aromatic heterocycles. The average Bonchev–Trinajstić information content (AvgIpc) is 2.79. The van der Waals surface area contributed by atoms with Gasteiger partial charge in [-0.05, 0) is 36.2 Å². The van der Waals surface area contributed by atoms with E-state index in [0.717, 1.165) is 21.4 Å². The Hall–Kier alpha value is -2.70. The number of carbonyl (C=O) groups is 1. The van der Waals surface area contributed by atoms with Gasteiger partial charge in [0.25, 0.3) is 0 Å². The van der Waals surface area contributed by atoms with Gasteiger partial charge in [-0.2, -0.15) is 0 Å². The second kappa shape index (κ2) is 9.87. The van der Waals surface area contributed by atoms with Gasteiger partial charge in [-0.3, -0.25) is 4.79 Å². The summed E-state index contributed by atoms with van der Waals surface area (Å²) in [5.41, 5.74) is 3.82. The summed E-state index contributed by atoms with van der Waals surface area (Å²) in [5, 5.41) is 2.63. The third kappa shape index (κ3) is 4.89. The van der Waals surface area contributed by atoms with Crippen LogP contribution in [0.3, 0.4) is 0 Å². The molecule has 0 radical (unpaired) electrons. The van der Waals surface area contributed by atoms with Crippen molar-refractivity contribution in [3.8, 4) is 5.75 Å². The van der Waals surface area contributed by atoms with Crippen molar-refractivity contribution in [1.29, 1.82) is 0 Å². The van der Waals surface area contributed by atoms with Crippen LogP contribution in [0.4, 0.5) is 11.4 Å². The van der Waals surface area contributed by atoms with Crippen molar-refractivity contribution >= 4 is 45.2 Å². The maximum atomic E-state index is 13.3. The predicted octanol–water partition coefficient (Wildman–Crippen LogP) is 6.43. The van der Waals surface area contributed by atoms with Crippen molar-refractivity contribution in [3.05, 3.63) is 90.0 Å². The van der Waals surface area contributed by atoms with Gasteiger partial charge < -0.3 is 10.1 Å². The third-order valence-electron chi connectivity index (χ3n) is 4.56. The molecule has 3 aromatic carbocycles. The molecule has 4 nitrogen and oxygen atoms in total. The number of carbonyl (C=O) groups excluding carboxylic acids is 1. The number of fused-ring (bicyclic) bond motifs is 1. The fraction of sp³-hybridized carbons (Fsp3) is 0.167. The average molecular weight is 435 g/mol. The summed E-state index contributed by atoms with van der Waals surface area (Å²) >= 11 is 3.16. The van der Waals surface area contributed by atoms with E-state index in [-0.39, 0.29) is 5.91 Å². The van der Waals surface area contributed by atoms with Crippen LogP contribution in [0.15, 0.2) is 83.9 Å². The number of amides is 1. The zero-order chi connectivity index (χ0) is 20.8. The number of rotatable bonds is 6. The van der Waals surface area contributed by atoms with E-state index in [1.54, 1.807) is 11.8 Å². The minimum absolute atomic E-state index is 0.0967. The molecule has 1 N–H and O–H groups in total. The van der Waals surface area contributed by atoms with Gasteiger partial charge in [0, 0.05) is 5.75 Å². The van der Waals surface area contributed by atoms with Crippen molar-refractivity contribution in [3.63, 3.8) is 0 Å². The quantitative estimate of drug-likeness (QED) is 0.485. The van der Waals surface area contributed by atoms with Crippen LogP contribution in [0, 0.1) is 0 Å². The number of aliphatic imine (C=N–C) groups is 1. The Labute approximate surface area is 185 Å². The van der Waals surface area contributed by atoms with Gasteiger partial charge >= 0.3 is 0 Å². The molecule has 1 unspecified atom stereocenters. The zero-order valence-corrected chi connectivity index (χ0v) is 18.2. The highest BCUT2D eigenvalue weighted by Gasteiger charge is 2.26. The number of thioether (sulfide) groups is 2. The minimum Gasteiger partial charge on any atom is -0.492 e. The van der Waals surface area contributed by atoms with Crippen molar-refractivity contribution in [2.75, 3.05) is 11.9 Å². The third-order valence-corrected chi connectivity index (χ3v) is 7.01. The van der Waals surface area contributed by atoms with Crippen LogP contribution in [-0.4, -0.2) is 16.9 Å². The lowest BCUT2D eigenvalue weighted by molar-refractivity contribution is -0.115. The summed E-state index contributed by atoms with van der Waals surface area (Å²) in [5.74, 6) is 1.43. The Bertz CT molecular complexity index is 1050. The second-order valence-electron chi connectivity index (χ2n) is 6.62. The van der Waals surface area contributed by atoms with Gasteiger partial charge in [0.05, 0.1) is 18.0 Å². The van der Waals surface area contributed by atoms with Gasteiger partial charge in [-0.15, -0.1) is 0 Å². The molecule has 0 aliphatic carbocycles. The van der Waals surface area contributed by atoms with Crippen molar-refractivity contribution in [1.82, 2.24) is 0 Å². The highest BCUT2D eigenvalue weighted by atomic mass is 32.2. The lowest BCUT2D eigenvalue weighted by Gasteiger charge is -2.21. The molecule has 0 bridgehead atoms. The number of ether oxygens (including phenoxy) is 1. The molecule has 1 heterocycles. The van der Waals surface area contributed by atoms with Crippen LogP contribution in [0.25, 0.3) is 0 Å². The lowest BCUT2D eigenvalue weighted by atomic mass is 10.1. The Morgan fingerprint density at radius 3 is 2.63 bits per heavy atom. The Kier molecular flexibility index (Phi) is 6.77. The molecule has 30 heavy (non-hydrogen) atoms. The van der Waals surface area contributed by atoms with Crippen LogP contribution >= 0.6 is 23.5 Å². The van der Waals surface area contributed by atoms with Gasteiger partial charge in [0.1, 0.15) is 15.4 Å². The van der Waals surface area contributed by atoms with E-state index in [9.17, 15) is 4.79 Å². The Morgan fingerprint density at radius 1 is 1.07 bits per heavy atom. The number of hydrogen-bond acceptors (Lipinski definition) is 5. The molecule has 1 aliphatic rings. The standard InChI is InChI=1S/C24H22N2O2S2/c1-2-28-21-15-9-8-14-20(21)25-23(27)22(17-10-4-3-5-11-17)30-24-26-19-13-7-6-12-18(19)16-29-24/h3-15,22H,2,16H2,1H3,(H,25,27). The lowest BCUT2D eigenvalue weighted by Crippen LogP contribution is -2.20. The first-order chi connectivity index (χ1) is 14.7. The molecular weight excluding hydrogens is 412 g/mol. The number of nitrogens with zero attached hydrogens (tertiary/aromatic N) is 1. The van der Waals surface area contributed by atoms with E-state index >= 15 is 0 Å². The van der Waals surface area contributed by atoms with Crippen LogP contribution in [0.5, 0.6) is 5.75 Å². The normalized spacial score (nSPS) is 13.7. The summed E-state index contributed by atoms with van der Waals surface area (Å²) < 4.78 is 6.56. The van der Waals surface area contributed by atoms with Crippen LogP contribution in [0.2, 0.25) is 0 Å². The van der Waals surface area contributed by atoms with Crippen LogP contribution < -0.4 is 10.1 Å². The van der Waals surface area contributed by atoms with Crippen molar-refractivity contribution in [2.45, 2.75) is 17.9 Å².